The van der Waals surface area contributed by atoms with Crippen LogP contribution < -0.4 is 0 Å². The van der Waals surface area contributed by atoms with Crippen molar-refractivity contribution < 1.29 is 4.79 Å². The Bertz CT molecular complexity index is 309. The highest BCUT2D eigenvalue weighted by Gasteiger charge is 2.30. The smallest absolute Gasteiger partial charge is 0.130 e. The molecule has 1 fully saturated rings. The lowest BCUT2D eigenvalue weighted by atomic mass is 9.70. The van der Waals surface area contributed by atoms with Crippen molar-refractivity contribution in [2.45, 2.75) is 32.1 Å². The lowest BCUT2D eigenvalue weighted by molar-refractivity contribution is -0.118. The molecule has 0 heterocycles. The van der Waals surface area contributed by atoms with E-state index in [0.29, 0.717) is 17.6 Å². The Morgan fingerprint density at radius 2 is 1.93 bits per heavy atom. The zero-order valence-electron chi connectivity index (χ0n) is 8.57. The summed E-state index contributed by atoms with van der Waals surface area (Å²) in [5.41, 5.74) is 1.44. The normalized spacial score (nSPS) is 25.5. The highest BCUT2D eigenvalue weighted by atomic mass is 16.1. The largest absolute Gasteiger partial charge is 0.300 e. The number of Topliss-reactive ketones (excluding diaryl/α,β-unsaturated/α-hetero) is 1. The molecule has 0 aliphatic heterocycles. The molecule has 14 heavy (non-hydrogen) atoms. The van der Waals surface area contributed by atoms with E-state index in [1.165, 1.54) is 18.4 Å². The molecule has 1 saturated carbocycles. The van der Waals surface area contributed by atoms with Crippen molar-refractivity contribution in [2.75, 3.05) is 0 Å². The van der Waals surface area contributed by atoms with Gasteiger partial charge in [-0.1, -0.05) is 30.3 Å². The first-order valence-electron chi connectivity index (χ1n) is 5.30. The maximum Gasteiger partial charge on any atom is 0.130 e. The Morgan fingerprint density at radius 3 is 2.50 bits per heavy atom. The number of rotatable bonds is 3. The molecule has 1 aromatic rings. The van der Waals surface area contributed by atoms with Crippen molar-refractivity contribution in [3.05, 3.63) is 35.9 Å². The molecular formula is C13H16O. The summed E-state index contributed by atoms with van der Waals surface area (Å²) in [4.78, 5) is 10.9. The van der Waals surface area contributed by atoms with Gasteiger partial charge in [-0.05, 0) is 37.2 Å². The molecule has 74 valence electrons. The molecule has 0 aromatic heterocycles. The van der Waals surface area contributed by atoms with Crippen molar-refractivity contribution in [2.24, 2.45) is 5.92 Å². The highest BCUT2D eigenvalue weighted by Crippen LogP contribution is 2.43. The summed E-state index contributed by atoms with van der Waals surface area (Å²) in [5, 5.41) is 0. The molecule has 1 aromatic carbocycles. The molecule has 0 amide bonds. The van der Waals surface area contributed by atoms with Gasteiger partial charge >= 0.3 is 0 Å². The van der Waals surface area contributed by atoms with Crippen LogP contribution in [0, 0.1) is 5.92 Å². The quantitative estimate of drug-likeness (QED) is 0.712. The van der Waals surface area contributed by atoms with Gasteiger partial charge in [-0.3, -0.25) is 0 Å². The first-order valence-corrected chi connectivity index (χ1v) is 5.30. The first kappa shape index (κ1) is 9.45. The Hall–Kier alpha value is -1.11. The van der Waals surface area contributed by atoms with Crippen molar-refractivity contribution in [3.8, 4) is 0 Å². The van der Waals surface area contributed by atoms with Gasteiger partial charge in [0.25, 0.3) is 0 Å². The van der Waals surface area contributed by atoms with Crippen molar-refractivity contribution in [3.63, 3.8) is 0 Å². The fourth-order valence-electron chi connectivity index (χ4n) is 2.31. The Morgan fingerprint density at radius 1 is 1.29 bits per heavy atom. The van der Waals surface area contributed by atoms with E-state index in [1.54, 1.807) is 6.92 Å². The molecule has 0 radical (unpaired) electrons. The van der Waals surface area contributed by atoms with Gasteiger partial charge in [0.05, 0.1) is 0 Å². The molecule has 0 bridgehead atoms. The van der Waals surface area contributed by atoms with E-state index >= 15 is 0 Å². The number of carbonyl (C=O) groups is 1. The van der Waals surface area contributed by atoms with E-state index in [0.717, 1.165) is 6.42 Å². The predicted octanol–water partition coefficient (Wildman–Crippen LogP) is 3.16. The van der Waals surface area contributed by atoms with Crippen molar-refractivity contribution >= 4 is 5.78 Å². The summed E-state index contributed by atoms with van der Waals surface area (Å²) >= 11 is 0. The van der Waals surface area contributed by atoms with Gasteiger partial charge < -0.3 is 4.79 Å². The van der Waals surface area contributed by atoms with Crippen LogP contribution in [-0.4, -0.2) is 5.78 Å². The predicted molar refractivity (Wildman–Crippen MR) is 57.2 cm³/mol. The highest BCUT2D eigenvalue weighted by molar-refractivity contribution is 5.75. The van der Waals surface area contributed by atoms with Crippen LogP contribution in [-0.2, 0) is 4.79 Å². The number of ketones is 1. The number of carbonyl (C=O) groups excluding carboxylic acids is 1. The summed E-state index contributed by atoms with van der Waals surface area (Å²) in [5.74, 6) is 1.69. The first-order chi connectivity index (χ1) is 6.75. The zero-order chi connectivity index (χ0) is 9.97. The van der Waals surface area contributed by atoms with E-state index in [-0.39, 0.29) is 0 Å². The van der Waals surface area contributed by atoms with E-state index in [1.807, 2.05) is 0 Å². The monoisotopic (exact) mass is 188 g/mol. The van der Waals surface area contributed by atoms with Gasteiger partial charge in [0, 0.05) is 6.42 Å². The topological polar surface area (TPSA) is 17.1 Å². The second-order valence-electron chi connectivity index (χ2n) is 4.35. The molecule has 0 atom stereocenters. The number of hydrogen-bond acceptors (Lipinski definition) is 1. The molecule has 0 saturated heterocycles. The SMILES string of the molecule is CC(=O)CC1CC(c2ccccc2)C1. The maximum atomic E-state index is 10.9. The minimum Gasteiger partial charge on any atom is -0.300 e. The van der Waals surface area contributed by atoms with Crippen molar-refractivity contribution in [1.82, 2.24) is 0 Å². The molecule has 2 rings (SSSR count). The molecule has 0 unspecified atom stereocenters. The summed E-state index contributed by atoms with van der Waals surface area (Å²) in [6.45, 7) is 1.69. The minimum absolute atomic E-state index is 0.335. The van der Waals surface area contributed by atoms with E-state index in [4.69, 9.17) is 0 Å². The van der Waals surface area contributed by atoms with Gasteiger partial charge in [0.2, 0.25) is 0 Å². The second-order valence-corrected chi connectivity index (χ2v) is 4.35. The van der Waals surface area contributed by atoms with Gasteiger partial charge in [0.15, 0.2) is 0 Å². The van der Waals surface area contributed by atoms with E-state index in [2.05, 4.69) is 30.3 Å². The third kappa shape index (κ3) is 2.03. The maximum absolute atomic E-state index is 10.9. The fraction of sp³-hybridized carbons (Fsp3) is 0.462. The average molecular weight is 188 g/mol. The lowest BCUT2D eigenvalue weighted by Crippen LogP contribution is -2.23. The summed E-state index contributed by atoms with van der Waals surface area (Å²) in [6, 6.07) is 10.6. The van der Waals surface area contributed by atoms with Crippen LogP contribution in [0.15, 0.2) is 30.3 Å². The van der Waals surface area contributed by atoms with Crippen LogP contribution in [0.25, 0.3) is 0 Å². The van der Waals surface area contributed by atoms with E-state index < -0.39 is 0 Å². The Balaban J connectivity index is 1.86. The molecule has 0 spiro atoms. The van der Waals surface area contributed by atoms with Gasteiger partial charge in [-0.15, -0.1) is 0 Å². The Labute approximate surface area is 85.1 Å². The summed E-state index contributed by atoms with van der Waals surface area (Å²) in [6.07, 6.45) is 3.18. The minimum atomic E-state index is 0.335. The summed E-state index contributed by atoms with van der Waals surface area (Å²) in [7, 11) is 0. The zero-order valence-corrected chi connectivity index (χ0v) is 8.57. The third-order valence-electron chi connectivity index (χ3n) is 3.08. The second kappa shape index (κ2) is 3.95. The molecular weight excluding hydrogens is 172 g/mol. The third-order valence-corrected chi connectivity index (χ3v) is 3.08. The molecule has 1 nitrogen and oxygen atoms in total. The average Bonchev–Trinajstić information content (AvgIpc) is 2.12. The number of benzene rings is 1. The van der Waals surface area contributed by atoms with Crippen LogP contribution in [0.5, 0.6) is 0 Å². The van der Waals surface area contributed by atoms with Gasteiger partial charge in [-0.2, -0.15) is 0 Å². The van der Waals surface area contributed by atoms with Crippen LogP contribution in [0.3, 0.4) is 0 Å². The lowest BCUT2D eigenvalue weighted by Gasteiger charge is -2.35. The van der Waals surface area contributed by atoms with Crippen LogP contribution >= 0.6 is 0 Å². The van der Waals surface area contributed by atoms with Crippen molar-refractivity contribution in [1.29, 1.82) is 0 Å². The van der Waals surface area contributed by atoms with E-state index in [9.17, 15) is 4.79 Å². The molecule has 1 aliphatic carbocycles. The van der Waals surface area contributed by atoms with Gasteiger partial charge in [-0.25, -0.2) is 0 Å². The van der Waals surface area contributed by atoms with Gasteiger partial charge in [0.1, 0.15) is 5.78 Å². The van der Waals surface area contributed by atoms with Crippen LogP contribution in [0.2, 0.25) is 0 Å². The standard InChI is InChI=1S/C13H16O/c1-10(14)7-11-8-13(9-11)12-5-3-2-4-6-12/h2-6,11,13H,7-9H2,1H3. The molecule has 0 N–H and O–H groups in total. The molecule has 1 aliphatic rings. The van der Waals surface area contributed by atoms with Crippen LogP contribution in [0.4, 0.5) is 0 Å². The Kier molecular flexibility index (Phi) is 2.67. The number of hydrogen-bond donors (Lipinski definition) is 0. The fourth-order valence-corrected chi connectivity index (χ4v) is 2.31. The summed E-state index contributed by atoms with van der Waals surface area (Å²) < 4.78 is 0. The molecule has 1 heteroatoms. The van der Waals surface area contributed by atoms with Crippen LogP contribution in [0.1, 0.15) is 37.7 Å².